The van der Waals surface area contributed by atoms with Gasteiger partial charge < -0.3 is 18.3 Å². The molecule has 0 aliphatic heterocycles. The molecule has 0 saturated heterocycles. The molecule has 0 bridgehead atoms. The quantitative estimate of drug-likeness (QED) is 0.326. The van der Waals surface area contributed by atoms with Gasteiger partial charge in [-0.05, 0) is 43.3 Å². The number of fused-ring (bicyclic) bond motifs is 1. The third-order valence-electron chi connectivity index (χ3n) is 4.02. The van der Waals surface area contributed by atoms with Gasteiger partial charge >= 0.3 is 5.97 Å². The first-order chi connectivity index (χ1) is 14.1. The lowest BCUT2D eigenvalue weighted by Gasteiger charge is -2.08. The molecule has 0 spiro atoms. The fourth-order valence-corrected chi connectivity index (χ4v) is 3.19. The van der Waals surface area contributed by atoms with Crippen LogP contribution in [0.2, 0.25) is 0 Å². The highest BCUT2D eigenvalue weighted by atomic mass is 32.2. The second-order valence-electron chi connectivity index (χ2n) is 6.04. The van der Waals surface area contributed by atoms with Gasteiger partial charge in [0.25, 0.3) is 11.1 Å². The summed E-state index contributed by atoms with van der Waals surface area (Å²) in [6.45, 7) is 1.67. The highest BCUT2D eigenvalue weighted by Crippen LogP contribution is 2.26. The molecule has 148 valence electrons. The average Bonchev–Trinajstić information content (AvgIpc) is 3.39. The van der Waals surface area contributed by atoms with Crippen molar-refractivity contribution in [1.82, 2.24) is 15.2 Å². The van der Waals surface area contributed by atoms with E-state index >= 15 is 0 Å². The average molecular weight is 411 g/mol. The number of ether oxygens (including phenoxy) is 2. The van der Waals surface area contributed by atoms with E-state index in [0.29, 0.717) is 16.7 Å². The molecule has 9 heteroatoms. The standard InChI is InChI=1S/C20H17N3O5S/c1-12(18-22-23-19(28-18)13-7-9-14(25-2)10-8-13)26-17(24)11-29-20-21-15-5-3-4-6-16(15)27-20/h3-10,12H,11H2,1-2H3/t12-/m1/s1. The minimum atomic E-state index is -0.675. The van der Waals surface area contributed by atoms with Crippen LogP contribution in [0.25, 0.3) is 22.6 Å². The monoisotopic (exact) mass is 411 g/mol. The van der Waals surface area contributed by atoms with E-state index in [0.717, 1.165) is 16.8 Å². The van der Waals surface area contributed by atoms with Gasteiger partial charge in [-0.2, -0.15) is 0 Å². The SMILES string of the molecule is COc1ccc(-c2nnc([C@@H](C)OC(=O)CSc3nc4ccccc4o3)o2)cc1. The van der Waals surface area contributed by atoms with Crippen molar-refractivity contribution in [2.45, 2.75) is 18.3 Å². The maximum absolute atomic E-state index is 12.1. The zero-order valence-electron chi connectivity index (χ0n) is 15.7. The van der Waals surface area contributed by atoms with E-state index in [4.69, 9.17) is 18.3 Å². The molecule has 29 heavy (non-hydrogen) atoms. The van der Waals surface area contributed by atoms with Crippen LogP contribution in [0.5, 0.6) is 5.75 Å². The van der Waals surface area contributed by atoms with E-state index in [1.165, 1.54) is 11.8 Å². The van der Waals surface area contributed by atoms with Crippen LogP contribution in [0.1, 0.15) is 18.9 Å². The van der Waals surface area contributed by atoms with Gasteiger partial charge in [-0.25, -0.2) is 4.98 Å². The molecule has 0 radical (unpaired) electrons. The predicted octanol–water partition coefficient (Wildman–Crippen LogP) is 4.28. The minimum Gasteiger partial charge on any atom is -0.497 e. The first-order valence-electron chi connectivity index (χ1n) is 8.78. The molecule has 1 atom stereocenters. The second kappa shape index (κ2) is 8.36. The molecule has 0 unspecified atom stereocenters. The Kier molecular flexibility index (Phi) is 5.48. The largest absolute Gasteiger partial charge is 0.497 e. The number of esters is 1. The van der Waals surface area contributed by atoms with E-state index in [1.54, 1.807) is 26.2 Å². The van der Waals surface area contributed by atoms with E-state index in [9.17, 15) is 4.79 Å². The molecule has 2 aromatic heterocycles. The first kappa shape index (κ1) is 19.0. The van der Waals surface area contributed by atoms with Gasteiger partial charge in [-0.3, -0.25) is 4.79 Å². The smallest absolute Gasteiger partial charge is 0.317 e. The summed E-state index contributed by atoms with van der Waals surface area (Å²) in [5.41, 5.74) is 2.16. The van der Waals surface area contributed by atoms with Crippen molar-refractivity contribution < 1.29 is 23.1 Å². The molecule has 0 aliphatic rings. The summed E-state index contributed by atoms with van der Waals surface area (Å²) in [7, 11) is 1.60. The maximum atomic E-state index is 12.1. The van der Waals surface area contributed by atoms with Crippen LogP contribution in [-0.4, -0.2) is 34.0 Å². The highest BCUT2D eigenvalue weighted by molar-refractivity contribution is 7.99. The number of oxazole rings is 1. The van der Waals surface area contributed by atoms with E-state index in [-0.39, 0.29) is 11.6 Å². The molecule has 0 saturated carbocycles. The Bertz CT molecular complexity index is 1090. The van der Waals surface area contributed by atoms with Crippen LogP contribution < -0.4 is 4.74 Å². The summed E-state index contributed by atoms with van der Waals surface area (Å²) in [6, 6.07) is 14.6. The first-order valence-corrected chi connectivity index (χ1v) is 9.76. The Hall–Kier alpha value is -3.33. The van der Waals surface area contributed by atoms with Crippen LogP contribution >= 0.6 is 11.8 Å². The maximum Gasteiger partial charge on any atom is 0.317 e. The van der Waals surface area contributed by atoms with Gasteiger partial charge in [-0.15, -0.1) is 10.2 Å². The fraction of sp³-hybridized carbons (Fsp3) is 0.200. The van der Waals surface area contributed by atoms with Crippen LogP contribution in [0.3, 0.4) is 0 Å². The summed E-state index contributed by atoms with van der Waals surface area (Å²) in [6.07, 6.45) is -0.675. The summed E-state index contributed by atoms with van der Waals surface area (Å²) < 4.78 is 21.7. The van der Waals surface area contributed by atoms with Crippen molar-refractivity contribution in [3.05, 3.63) is 54.4 Å². The topological polar surface area (TPSA) is 100 Å². The van der Waals surface area contributed by atoms with Gasteiger partial charge in [0, 0.05) is 5.56 Å². The highest BCUT2D eigenvalue weighted by Gasteiger charge is 2.20. The third kappa shape index (κ3) is 4.40. The number of methoxy groups -OCH3 is 1. The van der Waals surface area contributed by atoms with Crippen LogP contribution in [-0.2, 0) is 9.53 Å². The normalized spacial score (nSPS) is 12.1. The van der Waals surface area contributed by atoms with Crippen molar-refractivity contribution in [2.24, 2.45) is 0 Å². The fourth-order valence-electron chi connectivity index (χ4n) is 2.56. The molecular formula is C20H17N3O5S. The number of benzene rings is 2. The number of carbonyl (C=O) groups excluding carboxylic acids is 1. The zero-order chi connectivity index (χ0) is 20.2. The Morgan fingerprint density at radius 3 is 2.66 bits per heavy atom. The van der Waals surface area contributed by atoms with Crippen molar-refractivity contribution in [3.8, 4) is 17.2 Å². The number of carbonyl (C=O) groups is 1. The number of thioether (sulfide) groups is 1. The molecule has 0 N–H and O–H groups in total. The van der Waals surface area contributed by atoms with Crippen molar-refractivity contribution in [1.29, 1.82) is 0 Å². The molecule has 0 amide bonds. The molecule has 2 heterocycles. The summed E-state index contributed by atoms with van der Waals surface area (Å²) >= 11 is 1.17. The van der Waals surface area contributed by atoms with Crippen molar-refractivity contribution >= 4 is 28.8 Å². The zero-order valence-corrected chi connectivity index (χ0v) is 16.5. The molecular weight excluding hydrogens is 394 g/mol. The number of aromatic nitrogens is 3. The lowest BCUT2D eigenvalue weighted by atomic mass is 10.2. The molecule has 8 nitrogen and oxygen atoms in total. The summed E-state index contributed by atoms with van der Waals surface area (Å²) in [4.78, 5) is 16.5. The Morgan fingerprint density at radius 2 is 1.90 bits per heavy atom. The third-order valence-corrected chi connectivity index (χ3v) is 4.82. The number of hydrogen-bond donors (Lipinski definition) is 0. The van der Waals surface area contributed by atoms with Gasteiger partial charge in [0.15, 0.2) is 11.7 Å². The number of para-hydroxylation sites is 2. The van der Waals surface area contributed by atoms with Crippen molar-refractivity contribution in [3.63, 3.8) is 0 Å². The van der Waals surface area contributed by atoms with Crippen LogP contribution in [0, 0.1) is 0 Å². The second-order valence-corrected chi connectivity index (χ2v) is 6.97. The van der Waals surface area contributed by atoms with E-state index in [2.05, 4.69) is 15.2 Å². The minimum absolute atomic E-state index is 0.0522. The molecule has 4 rings (SSSR count). The number of rotatable bonds is 7. The summed E-state index contributed by atoms with van der Waals surface area (Å²) in [5, 5.41) is 8.39. The van der Waals surface area contributed by atoms with Crippen LogP contribution in [0.4, 0.5) is 0 Å². The predicted molar refractivity (Wildman–Crippen MR) is 106 cm³/mol. The van der Waals surface area contributed by atoms with Gasteiger partial charge in [0.05, 0.1) is 7.11 Å². The molecule has 0 fully saturated rings. The number of hydrogen-bond acceptors (Lipinski definition) is 9. The lowest BCUT2D eigenvalue weighted by molar-refractivity contribution is -0.146. The molecule has 2 aromatic carbocycles. The van der Waals surface area contributed by atoms with Crippen molar-refractivity contribution in [2.75, 3.05) is 12.9 Å². The van der Waals surface area contributed by atoms with E-state index < -0.39 is 12.1 Å². The van der Waals surface area contributed by atoms with Gasteiger partial charge in [0.1, 0.15) is 17.0 Å². The Morgan fingerprint density at radius 1 is 1.10 bits per heavy atom. The van der Waals surface area contributed by atoms with Gasteiger partial charge in [-0.1, -0.05) is 23.9 Å². The van der Waals surface area contributed by atoms with Crippen LogP contribution in [0.15, 0.2) is 62.6 Å². The molecule has 0 aliphatic carbocycles. The molecule has 4 aromatic rings. The van der Waals surface area contributed by atoms with Gasteiger partial charge in [0.2, 0.25) is 5.89 Å². The number of nitrogens with zero attached hydrogens (tertiary/aromatic N) is 3. The summed E-state index contributed by atoms with van der Waals surface area (Å²) in [5.74, 6) is 0.903. The lowest BCUT2D eigenvalue weighted by Crippen LogP contribution is -2.11. The van der Waals surface area contributed by atoms with E-state index in [1.807, 2.05) is 36.4 Å². The Balaban J connectivity index is 1.34. The Labute approximate surface area is 170 Å².